The van der Waals surface area contributed by atoms with Crippen molar-refractivity contribution in [1.82, 2.24) is 14.9 Å². The Labute approximate surface area is 142 Å². The van der Waals surface area contributed by atoms with Gasteiger partial charge in [0.2, 0.25) is 0 Å². The van der Waals surface area contributed by atoms with Crippen molar-refractivity contribution in [3.05, 3.63) is 83.4 Å². The molecule has 4 nitrogen and oxygen atoms in total. The number of nitrogens with one attached hydrogen (secondary N) is 1. The fourth-order valence-electron chi connectivity index (χ4n) is 2.91. The second kappa shape index (κ2) is 7.13. The third-order valence-electron chi connectivity index (χ3n) is 4.08. The number of carbonyl (C=O) groups excluding carboxylic acids is 1. The molecule has 1 amide bonds. The largest absolute Gasteiger partial charge is 0.352 e. The molecule has 0 radical (unpaired) electrons. The molecule has 3 aromatic rings. The van der Waals surface area contributed by atoms with Gasteiger partial charge in [0.25, 0.3) is 5.91 Å². The minimum Gasteiger partial charge on any atom is -0.352 e. The van der Waals surface area contributed by atoms with Gasteiger partial charge >= 0.3 is 0 Å². The molecule has 24 heavy (non-hydrogen) atoms. The summed E-state index contributed by atoms with van der Waals surface area (Å²) < 4.78 is 2.10. The van der Waals surface area contributed by atoms with Crippen LogP contribution in [0.5, 0.6) is 0 Å². The average molecular weight is 319 g/mol. The molecule has 0 bridgehead atoms. The summed E-state index contributed by atoms with van der Waals surface area (Å²) in [4.78, 5) is 16.8. The molecule has 0 saturated heterocycles. The first-order valence-corrected chi connectivity index (χ1v) is 8.09. The highest BCUT2D eigenvalue weighted by Gasteiger charge is 2.16. The van der Waals surface area contributed by atoms with Gasteiger partial charge in [0, 0.05) is 41.9 Å². The number of hydrogen-bond donors (Lipinski definition) is 1. The monoisotopic (exact) mass is 319 g/mol. The van der Waals surface area contributed by atoms with Gasteiger partial charge in [-0.1, -0.05) is 24.3 Å². The Balaban J connectivity index is 1.72. The van der Waals surface area contributed by atoms with E-state index in [4.69, 9.17) is 0 Å². The number of aryl methyl sites for hydroxylation is 1. The summed E-state index contributed by atoms with van der Waals surface area (Å²) in [5.74, 6) is -0.0405. The first-order valence-electron chi connectivity index (χ1n) is 8.09. The fraction of sp³-hybridized carbons (Fsp3) is 0.200. The molecule has 122 valence electrons. The van der Waals surface area contributed by atoms with Crippen LogP contribution in [0.25, 0.3) is 5.69 Å². The Morgan fingerprint density at radius 1 is 1.08 bits per heavy atom. The summed E-state index contributed by atoms with van der Waals surface area (Å²) in [6.45, 7) is 4.57. The molecule has 0 aliphatic heterocycles. The minimum atomic E-state index is -0.0405. The molecule has 0 aliphatic rings. The Morgan fingerprint density at radius 3 is 2.54 bits per heavy atom. The molecular weight excluding hydrogens is 298 g/mol. The molecule has 0 spiro atoms. The predicted octanol–water partition coefficient (Wildman–Crippen LogP) is 3.46. The van der Waals surface area contributed by atoms with E-state index in [-0.39, 0.29) is 5.91 Å². The summed E-state index contributed by atoms with van der Waals surface area (Å²) in [6.07, 6.45) is 2.49. The smallest absolute Gasteiger partial charge is 0.253 e. The van der Waals surface area contributed by atoms with Gasteiger partial charge in [-0.15, -0.1) is 0 Å². The van der Waals surface area contributed by atoms with E-state index in [9.17, 15) is 4.79 Å². The molecule has 0 aliphatic carbocycles. The lowest BCUT2D eigenvalue weighted by molar-refractivity contribution is 0.0953. The molecule has 0 atom stereocenters. The third-order valence-corrected chi connectivity index (χ3v) is 4.08. The second-order valence-corrected chi connectivity index (χ2v) is 5.78. The van der Waals surface area contributed by atoms with Gasteiger partial charge in [0.1, 0.15) is 0 Å². The number of rotatable bonds is 5. The van der Waals surface area contributed by atoms with E-state index in [1.54, 1.807) is 6.20 Å². The Morgan fingerprint density at radius 2 is 1.83 bits per heavy atom. The molecule has 0 fully saturated rings. The Kier molecular flexibility index (Phi) is 4.75. The van der Waals surface area contributed by atoms with Crippen LogP contribution in [0.3, 0.4) is 0 Å². The summed E-state index contributed by atoms with van der Waals surface area (Å²) in [5.41, 5.74) is 4.77. The molecule has 1 N–H and O–H groups in total. The van der Waals surface area contributed by atoms with Crippen molar-refractivity contribution in [2.75, 3.05) is 6.54 Å². The van der Waals surface area contributed by atoms with Gasteiger partial charge in [-0.2, -0.15) is 0 Å². The topological polar surface area (TPSA) is 46.9 Å². The van der Waals surface area contributed by atoms with Crippen LogP contribution in [0.1, 0.15) is 27.4 Å². The van der Waals surface area contributed by atoms with Gasteiger partial charge in [0.15, 0.2) is 0 Å². The maximum atomic E-state index is 12.5. The van der Waals surface area contributed by atoms with Crippen molar-refractivity contribution < 1.29 is 4.79 Å². The van der Waals surface area contributed by atoms with E-state index < -0.39 is 0 Å². The molecule has 0 saturated carbocycles. The van der Waals surface area contributed by atoms with Crippen LogP contribution >= 0.6 is 0 Å². The molecular formula is C20H21N3O. The van der Waals surface area contributed by atoms with E-state index in [1.807, 2.05) is 68.4 Å². The lowest BCUT2D eigenvalue weighted by Crippen LogP contribution is -2.26. The van der Waals surface area contributed by atoms with Gasteiger partial charge < -0.3 is 9.88 Å². The quantitative estimate of drug-likeness (QED) is 0.783. The summed E-state index contributed by atoms with van der Waals surface area (Å²) in [5, 5.41) is 2.99. The van der Waals surface area contributed by atoms with E-state index >= 15 is 0 Å². The van der Waals surface area contributed by atoms with E-state index in [1.165, 1.54) is 0 Å². The van der Waals surface area contributed by atoms with Crippen LogP contribution in [-0.4, -0.2) is 22.0 Å². The number of amides is 1. The number of carbonyl (C=O) groups is 1. The molecule has 1 aromatic carbocycles. The van der Waals surface area contributed by atoms with Crippen molar-refractivity contribution in [3.8, 4) is 5.69 Å². The van der Waals surface area contributed by atoms with Crippen LogP contribution in [-0.2, 0) is 6.42 Å². The number of hydrogen-bond acceptors (Lipinski definition) is 2. The zero-order valence-electron chi connectivity index (χ0n) is 14.0. The zero-order valence-corrected chi connectivity index (χ0v) is 14.0. The number of para-hydroxylation sites is 1. The van der Waals surface area contributed by atoms with Crippen LogP contribution in [0.15, 0.2) is 60.8 Å². The van der Waals surface area contributed by atoms with Crippen molar-refractivity contribution in [3.63, 3.8) is 0 Å². The fourth-order valence-corrected chi connectivity index (χ4v) is 2.91. The number of aromatic nitrogens is 2. The summed E-state index contributed by atoms with van der Waals surface area (Å²) in [7, 11) is 0. The van der Waals surface area contributed by atoms with Crippen molar-refractivity contribution in [2.45, 2.75) is 20.3 Å². The van der Waals surface area contributed by atoms with E-state index in [2.05, 4.69) is 14.9 Å². The number of nitrogens with zero attached hydrogens (tertiary/aromatic N) is 2. The lowest BCUT2D eigenvalue weighted by atomic mass is 10.2. The number of pyridine rings is 1. The van der Waals surface area contributed by atoms with Crippen molar-refractivity contribution in [1.29, 1.82) is 0 Å². The maximum absolute atomic E-state index is 12.5. The standard InChI is InChI=1S/C20H21N3O/c1-15-14-19(16(2)23(15)18-9-4-3-5-10-18)20(24)22-13-11-17-8-6-7-12-21-17/h3-10,12,14H,11,13H2,1-2H3,(H,22,24). The molecule has 4 heteroatoms. The summed E-state index contributed by atoms with van der Waals surface area (Å²) >= 11 is 0. The van der Waals surface area contributed by atoms with Crippen LogP contribution in [0, 0.1) is 13.8 Å². The van der Waals surface area contributed by atoms with Gasteiger partial charge in [-0.3, -0.25) is 9.78 Å². The highest BCUT2D eigenvalue weighted by atomic mass is 16.1. The van der Waals surface area contributed by atoms with Crippen LogP contribution < -0.4 is 5.32 Å². The minimum absolute atomic E-state index is 0.0405. The first-order chi connectivity index (χ1) is 11.7. The molecule has 0 unspecified atom stereocenters. The first kappa shape index (κ1) is 16.0. The molecule has 2 aromatic heterocycles. The highest BCUT2D eigenvalue weighted by Crippen LogP contribution is 2.20. The van der Waals surface area contributed by atoms with Gasteiger partial charge in [0.05, 0.1) is 5.56 Å². The zero-order chi connectivity index (χ0) is 16.9. The molecule has 2 heterocycles. The van der Waals surface area contributed by atoms with Crippen molar-refractivity contribution in [2.24, 2.45) is 0 Å². The normalized spacial score (nSPS) is 10.6. The SMILES string of the molecule is Cc1cc(C(=O)NCCc2ccccn2)c(C)n1-c1ccccc1. The Bertz CT molecular complexity index is 823. The van der Waals surface area contributed by atoms with Gasteiger partial charge in [-0.05, 0) is 44.2 Å². The van der Waals surface area contributed by atoms with Crippen LogP contribution in [0.2, 0.25) is 0 Å². The van der Waals surface area contributed by atoms with E-state index in [0.29, 0.717) is 6.54 Å². The van der Waals surface area contributed by atoms with E-state index in [0.717, 1.165) is 34.8 Å². The van der Waals surface area contributed by atoms with Crippen molar-refractivity contribution >= 4 is 5.91 Å². The number of benzene rings is 1. The van der Waals surface area contributed by atoms with Crippen LogP contribution in [0.4, 0.5) is 0 Å². The molecule has 3 rings (SSSR count). The summed E-state index contributed by atoms with van der Waals surface area (Å²) in [6, 6.07) is 17.8. The predicted molar refractivity (Wildman–Crippen MR) is 95.5 cm³/mol. The Hall–Kier alpha value is -2.88. The highest BCUT2D eigenvalue weighted by molar-refractivity contribution is 5.95. The maximum Gasteiger partial charge on any atom is 0.253 e. The van der Waals surface area contributed by atoms with Gasteiger partial charge in [-0.25, -0.2) is 0 Å². The average Bonchev–Trinajstić information content (AvgIpc) is 2.91. The lowest BCUT2D eigenvalue weighted by Gasteiger charge is -2.10. The second-order valence-electron chi connectivity index (χ2n) is 5.78. The third kappa shape index (κ3) is 3.38.